The molecule has 1 aromatic heterocycles. The maximum absolute atomic E-state index is 12.3. The zero-order chi connectivity index (χ0) is 21.0. The molecule has 3 aliphatic heterocycles. The molecule has 1 aromatic rings. The average molecular weight is 439 g/mol. The molecule has 0 aromatic carbocycles. The van der Waals surface area contributed by atoms with Crippen molar-refractivity contribution in [3.8, 4) is 0 Å². The van der Waals surface area contributed by atoms with Gasteiger partial charge in [-0.25, -0.2) is 9.13 Å². The molecule has 2 amide bonds. The molecule has 1 saturated heterocycles. The van der Waals surface area contributed by atoms with Crippen molar-refractivity contribution >= 4 is 41.3 Å². The SMILES string of the molecule is C[C@@H](O)[C@H]1C(=O)N2C(C(=O)[O-])=C(S[C@@H]3CCn4c[n+](CC(=O)N(C)C)cc43)S[C@H]12. The van der Waals surface area contributed by atoms with Crippen LogP contribution < -0.4 is 9.67 Å². The van der Waals surface area contributed by atoms with Crippen LogP contribution >= 0.6 is 23.5 Å². The molecule has 4 heterocycles. The largest absolute Gasteiger partial charge is 0.543 e. The highest BCUT2D eigenvalue weighted by Gasteiger charge is 2.56. The summed E-state index contributed by atoms with van der Waals surface area (Å²) in [7, 11) is 3.42. The van der Waals surface area contributed by atoms with E-state index in [1.807, 2.05) is 17.1 Å². The quantitative estimate of drug-likeness (QED) is 0.442. The molecule has 156 valence electrons. The molecule has 0 bridgehead atoms. The number of likely N-dealkylation sites (N-methyl/N-ethyl adjacent to an activating group) is 1. The number of carbonyl (C=O) groups is 3. The standard InChI is InChI=1S/C18H22N4O5S2/c1-9(23)13-15(25)22-14(17(26)27)18(29-16(13)22)28-11-4-5-21-8-20(6-10(11)21)7-12(24)19(2)3/h6,8-9,11,13,16,23H,4-5,7H2,1-3H3/t9-,11-,13+,16-/m1/s1. The van der Waals surface area contributed by atoms with Crippen LogP contribution in [-0.4, -0.2) is 62.8 Å². The summed E-state index contributed by atoms with van der Waals surface area (Å²) in [6, 6.07) is 0. The number of carboxylic acids is 1. The zero-order valence-corrected chi connectivity index (χ0v) is 17.9. The fourth-order valence-electron chi connectivity index (χ4n) is 3.84. The maximum atomic E-state index is 12.3. The number of rotatable bonds is 6. The summed E-state index contributed by atoms with van der Waals surface area (Å²) in [5.41, 5.74) is 0.924. The van der Waals surface area contributed by atoms with Crippen LogP contribution in [0.25, 0.3) is 0 Å². The molecule has 11 heteroatoms. The topological polar surface area (TPSA) is 110 Å². The van der Waals surface area contributed by atoms with E-state index in [4.69, 9.17) is 0 Å². The van der Waals surface area contributed by atoms with Gasteiger partial charge in [0.05, 0.1) is 39.7 Å². The van der Waals surface area contributed by atoms with Crippen LogP contribution in [0.5, 0.6) is 0 Å². The van der Waals surface area contributed by atoms with Gasteiger partial charge in [0.15, 0.2) is 12.2 Å². The fraction of sp³-hybridized carbons (Fsp3) is 0.556. The Kier molecular flexibility index (Phi) is 5.16. The molecule has 0 spiro atoms. The molecule has 0 unspecified atom stereocenters. The van der Waals surface area contributed by atoms with Gasteiger partial charge in [-0.3, -0.25) is 14.5 Å². The summed E-state index contributed by atoms with van der Waals surface area (Å²) in [4.78, 5) is 38.8. The lowest BCUT2D eigenvalue weighted by molar-refractivity contribution is -0.684. The van der Waals surface area contributed by atoms with Crippen molar-refractivity contribution in [3.63, 3.8) is 0 Å². The Morgan fingerprint density at radius 1 is 1.48 bits per heavy atom. The highest BCUT2D eigenvalue weighted by Crippen LogP contribution is 2.57. The third kappa shape index (κ3) is 3.34. The van der Waals surface area contributed by atoms with Crippen molar-refractivity contribution in [3.05, 3.63) is 28.2 Å². The third-order valence-corrected chi connectivity index (χ3v) is 8.30. The van der Waals surface area contributed by atoms with E-state index in [0.29, 0.717) is 4.24 Å². The van der Waals surface area contributed by atoms with Crippen molar-refractivity contribution in [2.45, 2.75) is 43.2 Å². The minimum atomic E-state index is -1.38. The normalized spacial score (nSPS) is 26.3. The van der Waals surface area contributed by atoms with Crippen LogP contribution in [0.1, 0.15) is 24.3 Å². The number of thioether (sulfide) groups is 2. The lowest BCUT2D eigenvalue weighted by Gasteiger charge is -2.44. The van der Waals surface area contributed by atoms with Gasteiger partial charge in [0.25, 0.3) is 5.91 Å². The number of aliphatic hydroxyl groups excluding tert-OH is 1. The van der Waals surface area contributed by atoms with Gasteiger partial charge in [-0.1, -0.05) is 11.8 Å². The Morgan fingerprint density at radius 2 is 2.21 bits per heavy atom. The second-order valence-electron chi connectivity index (χ2n) is 7.63. The van der Waals surface area contributed by atoms with Crippen LogP contribution in [0, 0.1) is 5.92 Å². The zero-order valence-electron chi connectivity index (χ0n) is 16.3. The first-order valence-corrected chi connectivity index (χ1v) is 11.0. The lowest BCUT2D eigenvalue weighted by Crippen LogP contribution is -2.61. The highest BCUT2D eigenvalue weighted by molar-refractivity contribution is 8.22. The monoisotopic (exact) mass is 438 g/mol. The van der Waals surface area contributed by atoms with E-state index in [1.54, 1.807) is 21.0 Å². The molecule has 0 aliphatic carbocycles. The van der Waals surface area contributed by atoms with Gasteiger partial charge in [-0.05, 0) is 6.92 Å². The molecule has 0 saturated carbocycles. The van der Waals surface area contributed by atoms with E-state index in [1.165, 1.54) is 33.3 Å². The Balaban J connectivity index is 1.54. The number of hydrogen-bond donors (Lipinski definition) is 1. The molecule has 4 atom stereocenters. The van der Waals surface area contributed by atoms with Gasteiger partial charge in [0.1, 0.15) is 11.6 Å². The Morgan fingerprint density at radius 3 is 2.83 bits per heavy atom. The molecule has 1 fully saturated rings. The molecular formula is C18H22N4O5S2. The minimum absolute atomic E-state index is 0.0103. The van der Waals surface area contributed by atoms with Crippen molar-refractivity contribution in [2.75, 3.05) is 14.1 Å². The predicted molar refractivity (Wildman–Crippen MR) is 104 cm³/mol. The number of carboxylic acid groups (broad SMARTS) is 1. The number of β-lactam (4-membered cyclic amide) rings is 1. The van der Waals surface area contributed by atoms with Gasteiger partial charge in [0, 0.05) is 20.5 Å². The second-order valence-corrected chi connectivity index (χ2v) is 10.2. The molecule has 0 radical (unpaired) electrons. The molecule has 4 rings (SSSR count). The minimum Gasteiger partial charge on any atom is -0.543 e. The number of aliphatic carboxylic acids is 1. The number of aromatic nitrogens is 2. The van der Waals surface area contributed by atoms with Gasteiger partial charge in [-0.15, -0.1) is 11.8 Å². The van der Waals surface area contributed by atoms with Gasteiger partial charge in [0.2, 0.25) is 12.2 Å². The van der Waals surface area contributed by atoms with Crippen molar-refractivity contribution in [1.29, 1.82) is 0 Å². The highest BCUT2D eigenvalue weighted by atomic mass is 32.2. The van der Waals surface area contributed by atoms with E-state index >= 15 is 0 Å². The van der Waals surface area contributed by atoms with Crippen LogP contribution in [-0.2, 0) is 27.5 Å². The van der Waals surface area contributed by atoms with Crippen molar-refractivity contribution in [1.82, 2.24) is 14.4 Å². The summed E-state index contributed by atoms with van der Waals surface area (Å²) in [5.74, 6) is -2.36. The van der Waals surface area contributed by atoms with Crippen LogP contribution in [0.15, 0.2) is 22.5 Å². The summed E-state index contributed by atoms with van der Waals surface area (Å²) in [5, 5.41) is 21.2. The van der Waals surface area contributed by atoms with E-state index in [0.717, 1.165) is 18.7 Å². The number of fused-ring (bicyclic) bond motifs is 2. The predicted octanol–water partition coefficient (Wildman–Crippen LogP) is -1.13. The number of nitrogens with zero attached hydrogens (tertiary/aromatic N) is 4. The first-order chi connectivity index (χ1) is 13.7. The average Bonchev–Trinajstić information content (AvgIpc) is 3.27. The number of hydrogen-bond acceptors (Lipinski definition) is 7. The maximum Gasteiger partial charge on any atom is 0.264 e. The van der Waals surface area contributed by atoms with Gasteiger partial charge >= 0.3 is 0 Å². The van der Waals surface area contributed by atoms with E-state index in [9.17, 15) is 24.6 Å². The van der Waals surface area contributed by atoms with Crippen molar-refractivity contribution < 1.29 is 29.2 Å². The molecule has 9 nitrogen and oxygen atoms in total. The molecular weight excluding hydrogens is 416 g/mol. The first kappa shape index (κ1) is 20.3. The smallest absolute Gasteiger partial charge is 0.264 e. The Labute approximate surface area is 176 Å². The summed E-state index contributed by atoms with van der Waals surface area (Å²) < 4.78 is 4.44. The van der Waals surface area contributed by atoms with Crippen LogP contribution in [0.2, 0.25) is 0 Å². The van der Waals surface area contributed by atoms with Gasteiger partial charge in [-0.2, -0.15) is 0 Å². The van der Waals surface area contributed by atoms with E-state index < -0.39 is 23.4 Å². The summed E-state index contributed by atoms with van der Waals surface area (Å²) in [6.07, 6.45) is 3.81. The first-order valence-electron chi connectivity index (χ1n) is 9.28. The number of imidazole rings is 1. The summed E-state index contributed by atoms with van der Waals surface area (Å²) in [6.45, 7) is 2.56. The second kappa shape index (κ2) is 7.37. The number of amides is 2. The fourth-order valence-corrected chi connectivity index (χ4v) is 7.11. The van der Waals surface area contributed by atoms with Crippen LogP contribution in [0.3, 0.4) is 0 Å². The Bertz CT molecular complexity index is 925. The van der Waals surface area contributed by atoms with Gasteiger partial charge < -0.3 is 19.9 Å². The number of aryl methyl sites for hydroxylation is 1. The lowest BCUT2D eigenvalue weighted by atomic mass is 9.92. The number of aliphatic hydroxyl groups is 1. The molecule has 29 heavy (non-hydrogen) atoms. The van der Waals surface area contributed by atoms with Crippen molar-refractivity contribution in [2.24, 2.45) is 5.92 Å². The third-order valence-electron chi connectivity index (χ3n) is 5.40. The Hall–Kier alpha value is -1.98. The summed E-state index contributed by atoms with van der Waals surface area (Å²) >= 11 is 2.72. The molecule has 1 N–H and O–H groups in total. The van der Waals surface area contributed by atoms with E-state index in [-0.39, 0.29) is 29.3 Å². The molecule has 3 aliphatic rings. The van der Waals surface area contributed by atoms with E-state index in [2.05, 4.69) is 4.57 Å². The number of carbonyl (C=O) groups excluding carboxylic acids is 3. The van der Waals surface area contributed by atoms with Crippen LogP contribution in [0.4, 0.5) is 0 Å².